The van der Waals surface area contributed by atoms with Crippen LogP contribution < -0.4 is 5.32 Å². The lowest BCUT2D eigenvalue weighted by Crippen LogP contribution is -2.41. The number of amides is 1. The lowest BCUT2D eigenvalue weighted by Gasteiger charge is -2.29. The number of rotatable bonds is 6. The second kappa shape index (κ2) is 8.96. The number of carbonyl (C=O) groups is 2. The maximum atomic E-state index is 12.1. The first-order valence-corrected chi connectivity index (χ1v) is 9.30. The molecule has 23 heavy (non-hydrogen) atoms. The minimum atomic E-state index is -0.333. The normalized spacial score (nSPS) is 20.8. The number of thioether (sulfide) groups is 1. The van der Waals surface area contributed by atoms with Gasteiger partial charge in [0.25, 0.3) is 0 Å². The zero-order valence-corrected chi connectivity index (χ0v) is 14.7. The van der Waals surface area contributed by atoms with Gasteiger partial charge in [-0.2, -0.15) is 0 Å². The highest BCUT2D eigenvalue weighted by molar-refractivity contribution is 7.99. The Morgan fingerprint density at radius 2 is 2.09 bits per heavy atom. The molecule has 1 N–H and O–H groups in total. The molecule has 0 aromatic heterocycles. The van der Waals surface area contributed by atoms with E-state index in [0.717, 1.165) is 12.0 Å². The fourth-order valence-corrected chi connectivity index (χ4v) is 3.73. The van der Waals surface area contributed by atoms with Crippen LogP contribution in [0.15, 0.2) is 24.3 Å². The van der Waals surface area contributed by atoms with E-state index in [9.17, 15) is 9.59 Å². The molecule has 1 aliphatic carbocycles. The summed E-state index contributed by atoms with van der Waals surface area (Å²) in [6, 6.07) is 7.68. The number of ether oxygens (including phenoxy) is 1. The molecule has 1 aromatic carbocycles. The molecule has 0 bridgehead atoms. The lowest BCUT2D eigenvalue weighted by molar-refractivity contribution is -0.119. The summed E-state index contributed by atoms with van der Waals surface area (Å²) < 4.78 is 4.72. The minimum Gasteiger partial charge on any atom is -0.465 e. The van der Waals surface area contributed by atoms with Crippen LogP contribution in [-0.2, 0) is 15.3 Å². The Morgan fingerprint density at radius 1 is 1.30 bits per heavy atom. The quantitative estimate of drug-likeness (QED) is 0.810. The number of hydrogen-bond acceptors (Lipinski definition) is 4. The van der Waals surface area contributed by atoms with Gasteiger partial charge in [0, 0.05) is 11.8 Å². The summed E-state index contributed by atoms with van der Waals surface area (Å²) in [7, 11) is 1.38. The van der Waals surface area contributed by atoms with Crippen LogP contribution in [0.25, 0.3) is 0 Å². The number of nitrogens with one attached hydrogen (secondary N) is 1. The Labute approximate surface area is 142 Å². The largest absolute Gasteiger partial charge is 0.465 e. The number of benzene rings is 1. The van der Waals surface area contributed by atoms with Gasteiger partial charge in [-0.25, -0.2) is 4.79 Å². The zero-order chi connectivity index (χ0) is 16.7. The number of methoxy groups -OCH3 is 1. The van der Waals surface area contributed by atoms with Gasteiger partial charge >= 0.3 is 5.97 Å². The smallest absolute Gasteiger partial charge is 0.337 e. The van der Waals surface area contributed by atoms with E-state index < -0.39 is 0 Å². The van der Waals surface area contributed by atoms with Crippen molar-refractivity contribution in [3.05, 3.63) is 35.4 Å². The Hall–Kier alpha value is -1.49. The van der Waals surface area contributed by atoms with Crippen molar-refractivity contribution >= 4 is 23.6 Å². The predicted octanol–water partition coefficient (Wildman–Crippen LogP) is 3.40. The van der Waals surface area contributed by atoms with Gasteiger partial charge in [-0.1, -0.05) is 31.9 Å². The summed E-state index contributed by atoms with van der Waals surface area (Å²) in [4.78, 5) is 23.6. The molecule has 126 valence electrons. The molecule has 1 aromatic rings. The standard InChI is InChI=1S/C18H25NO3S/c1-13-6-3-4-9-16(13)19-17(20)12-23-11-14-7-5-8-15(10-14)18(21)22-2/h5,7-8,10,13,16H,3-4,6,9,11-12H2,1-2H3,(H,19,20)/t13-,16-/m1/s1. The maximum Gasteiger partial charge on any atom is 0.337 e. The van der Waals surface area contributed by atoms with Crippen LogP contribution >= 0.6 is 11.8 Å². The van der Waals surface area contributed by atoms with E-state index in [0.29, 0.717) is 29.0 Å². The summed E-state index contributed by atoms with van der Waals surface area (Å²) >= 11 is 1.57. The zero-order valence-electron chi connectivity index (χ0n) is 13.8. The van der Waals surface area contributed by atoms with Crippen molar-refractivity contribution in [2.75, 3.05) is 12.9 Å². The summed E-state index contributed by atoms with van der Waals surface area (Å²) in [6.45, 7) is 2.22. The molecule has 1 fully saturated rings. The van der Waals surface area contributed by atoms with Crippen molar-refractivity contribution in [2.24, 2.45) is 5.92 Å². The van der Waals surface area contributed by atoms with Crippen molar-refractivity contribution in [1.82, 2.24) is 5.32 Å². The summed E-state index contributed by atoms with van der Waals surface area (Å²) in [6.07, 6.45) is 4.79. The van der Waals surface area contributed by atoms with Crippen molar-refractivity contribution in [1.29, 1.82) is 0 Å². The van der Waals surface area contributed by atoms with Crippen LogP contribution in [0.5, 0.6) is 0 Å². The molecule has 0 spiro atoms. The summed E-state index contributed by atoms with van der Waals surface area (Å²) in [5.74, 6) is 1.51. The van der Waals surface area contributed by atoms with Crippen molar-refractivity contribution in [3.8, 4) is 0 Å². The second-order valence-corrected chi connectivity index (χ2v) is 7.11. The Morgan fingerprint density at radius 3 is 2.83 bits per heavy atom. The molecule has 1 aliphatic rings. The van der Waals surface area contributed by atoms with E-state index in [1.165, 1.54) is 26.4 Å². The van der Waals surface area contributed by atoms with Gasteiger partial charge < -0.3 is 10.1 Å². The van der Waals surface area contributed by atoms with Gasteiger partial charge in [-0.15, -0.1) is 11.8 Å². The number of hydrogen-bond donors (Lipinski definition) is 1. The van der Waals surface area contributed by atoms with Gasteiger partial charge in [0.1, 0.15) is 0 Å². The van der Waals surface area contributed by atoms with Crippen LogP contribution in [0.3, 0.4) is 0 Å². The second-order valence-electron chi connectivity index (χ2n) is 6.12. The number of carbonyl (C=O) groups excluding carboxylic acids is 2. The average molecular weight is 335 g/mol. The molecule has 1 saturated carbocycles. The summed E-state index contributed by atoms with van der Waals surface area (Å²) in [5.41, 5.74) is 1.57. The van der Waals surface area contributed by atoms with Crippen LogP contribution in [0.1, 0.15) is 48.5 Å². The maximum absolute atomic E-state index is 12.1. The fourth-order valence-electron chi connectivity index (χ4n) is 2.95. The van der Waals surface area contributed by atoms with E-state index >= 15 is 0 Å². The van der Waals surface area contributed by atoms with Crippen LogP contribution in [0, 0.1) is 5.92 Å². The molecule has 0 unspecified atom stereocenters. The molecule has 2 rings (SSSR count). The van der Waals surface area contributed by atoms with Gasteiger partial charge in [-0.3, -0.25) is 4.79 Å². The Balaban J connectivity index is 1.76. The first kappa shape index (κ1) is 17.9. The number of esters is 1. The molecule has 0 aliphatic heterocycles. The van der Waals surface area contributed by atoms with E-state index in [4.69, 9.17) is 4.74 Å². The average Bonchev–Trinajstić information content (AvgIpc) is 2.56. The molecule has 0 saturated heterocycles. The van der Waals surface area contributed by atoms with E-state index in [1.54, 1.807) is 17.8 Å². The molecule has 0 heterocycles. The fraction of sp³-hybridized carbons (Fsp3) is 0.556. The van der Waals surface area contributed by atoms with Gasteiger partial charge in [0.2, 0.25) is 5.91 Å². The van der Waals surface area contributed by atoms with Gasteiger partial charge in [0.15, 0.2) is 0 Å². The Bertz CT molecular complexity index is 547. The lowest BCUT2D eigenvalue weighted by atomic mass is 9.86. The molecular weight excluding hydrogens is 310 g/mol. The van der Waals surface area contributed by atoms with Gasteiger partial charge in [0.05, 0.1) is 18.4 Å². The van der Waals surface area contributed by atoms with Crippen LogP contribution in [-0.4, -0.2) is 30.8 Å². The van der Waals surface area contributed by atoms with E-state index in [2.05, 4.69) is 12.2 Å². The third-order valence-corrected chi connectivity index (χ3v) is 5.31. The highest BCUT2D eigenvalue weighted by atomic mass is 32.2. The molecule has 1 amide bonds. The topological polar surface area (TPSA) is 55.4 Å². The van der Waals surface area contributed by atoms with E-state index in [-0.39, 0.29) is 11.9 Å². The molecular formula is C18H25NO3S. The van der Waals surface area contributed by atoms with Gasteiger partial charge in [-0.05, 0) is 36.5 Å². The third-order valence-electron chi connectivity index (χ3n) is 4.31. The predicted molar refractivity (Wildman–Crippen MR) is 93.5 cm³/mol. The van der Waals surface area contributed by atoms with Crippen molar-refractivity contribution in [2.45, 2.75) is 44.4 Å². The summed E-state index contributed by atoms with van der Waals surface area (Å²) in [5, 5.41) is 3.16. The minimum absolute atomic E-state index is 0.109. The van der Waals surface area contributed by atoms with Crippen LogP contribution in [0.4, 0.5) is 0 Å². The van der Waals surface area contributed by atoms with E-state index in [1.807, 2.05) is 18.2 Å². The highest BCUT2D eigenvalue weighted by Gasteiger charge is 2.22. The van der Waals surface area contributed by atoms with Crippen molar-refractivity contribution < 1.29 is 14.3 Å². The third kappa shape index (κ3) is 5.57. The highest BCUT2D eigenvalue weighted by Crippen LogP contribution is 2.24. The first-order chi connectivity index (χ1) is 11.1. The molecule has 0 radical (unpaired) electrons. The molecule has 2 atom stereocenters. The first-order valence-electron chi connectivity index (χ1n) is 8.14. The van der Waals surface area contributed by atoms with Crippen LogP contribution in [0.2, 0.25) is 0 Å². The monoisotopic (exact) mass is 335 g/mol. The molecule has 4 nitrogen and oxygen atoms in total. The SMILES string of the molecule is COC(=O)c1cccc(CSCC(=O)N[C@@H]2CCCC[C@H]2C)c1. The molecule has 5 heteroatoms. The van der Waals surface area contributed by atoms with Crippen molar-refractivity contribution in [3.63, 3.8) is 0 Å². The Kier molecular flexibility index (Phi) is 6.96.